The first-order chi connectivity index (χ1) is 10.1. The number of rotatable bonds is 7. The van der Waals surface area contributed by atoms with Crippen LogP contribution in [0.5, 0.6) is 0 Å². The monoisotopic (exact) mass is 293 g/mol. The second-order valence-electron chi connectivity index (χ2n) is 6.24. The smallest absolute Gasteiger partial charge is 0.0881 e. The number of nitrogens with one attached hydrogen (secondary N) is 1. The molecule has 4 nitrogen and oxygen atoms in total. The summed E-state index contributed by atoms with van der Waals surface area (Å²) >= 11 is 0. The maximum atomic E-state index is 5.93. The van der Waals surface area contributed by atoms with Crippen molar-refractivity contribution >= 4 is 0 Å². The highest BCUT2D eigenvalue weighted by Crippen LogP contribution is 2.18. The van der Waals surface area contributed by atoms with Crippen LogP contribution >= 0.6 is 0 Å². The number of ether oxygens (including phenoxy) is 1. The highest BCUT2D eigenvalue weighted by molar-refractivity contribution is 5.15. The quantitative estimate of drug-likeness (QED) is 0.838. The highest BCUT2D eigenvalue weighted by atomic mass is 16.5. The third-order valence-electron chi connectivity index (χ3n) is 4.35. The Labute approximate surface area is 129 Å². The summed E-state index contributed by atoms with van der Waals surface area (Å²) in [6.45, 7) is 13.8. The van der Waals surface area contributed by atoms with Crippen LogP contribution in [0, 0.1) is 0 Å². The van der Waals surface area contributed by atoms with Gasteiger partial charge in [-0.3, -0.25) is 4.90 Å². The minimum absolute atomic E-state index is 0.306. The molecular weight excluding hydrogens is 262 g/mol. The van der Waals surface area contributed by atoms with Crippen LogP contribution in [0.2, 0.25) is 0 Å². The molecular formula is C17H31N3O. The van der Waals surface area contributed by atoms with E-state index < -0.39 is 0 Å². The summed E-state index contributed by atoms with van der Waals surface area (Å²) in [6.07, 6.45) is 5.89. The number of hydrogen-bond donors (Lipinski definition) is 1. The zero-order chi connectivity index (χ0) is 15.2. The summed E-state index contributed by atoms with van der Waals surface area (Å²) in [5.41, 5.74) is 1.39. The lowest BCUT2D eigenvalue weighted by Gasteiger charge is -2.35. The molecule has 0 saturated carbocycles. The average molecular weight is 293 g/mol. The Morgan fingerprint density at radius 2 is 2.19 bits per heavy atom. The summed E-state index contributed by atoms with van der Waals surface area (Å²) in [5.74, 6) is 0. The third-order valence-corrected chi connectivity index (χ3v) is 4.35. The van der Waals surface area contributed by atoms with E-state index in [9.17, 15) is 0 Å². The molecule has 2 heterocycles. The fourth-order valence-corrected chi connectivity index (χ4v) is 3.08. The molecule has 1 N–H and O–H groups in total. The van der Waals surface area contributed by atoms with E-state index in [0.29, 0.717) is 18.2 Å². The lowest BCUT2D eigenvalue weighted by Crippen LogP contribution is -2.47. The summed E-state index contributed by atoms with van der Waals surface area (Å²) < 4.78 is 8.21. The Balaban J connectivity index is 1.92. The van der Waals surface area contributed by atoms with Gasteiger partial charge in [-0.15, -0.1) is 0 Å². The molecule has 1 fully saturated rings. The molecule has 1 saturated heterocycles. The van der Waals surface area contributed by atoms with Crippen LogP contribution in [0.15, 0.2) is 18.5 Å². The van der Waals surface area contributed by atoms with Crippen LogP contribution in [0.1, 0.15) is 45.7 Å². The summed E-state index contributed by atoms with van der Waals surface area (Å²) in [4.78, 5) is 2.51. The molecule has 21 heavy (non-hydrogen) atoms. The van der Waals surface area contributed by atoms with Crippen molar-refractivity contribution in [2.45, 2.75) is 58.8 Å². The molecule has 4 heteroatoms. The summed E-state index contributed by atoms with van der Waals surface area (Å²) in [6, 6.07) is 3.31. The lowest BCUT2D eigenvalue weighted by atomic mass is 10.1. The zero-order valence-corrected chi connectivity index (χ0v) is 14.0. The first kappa shape index (κ1) is 16.5. The molecule has 2 unspecified atom stereocenters. The molecule has 0 amide bonds. The second kappa shape index (κ2) is 7.97. The van der Waals surface area contributed by atoms with Crippen molar-refractivity contribution in [2.75, 3.05) is 26.2 Å². The number of nitrogens with zero attached hydrogens (tertiary/aromatic N) is 2. The Hall–Kier alpha value is -0.840. The molecule has 1 aromatic heterocycles. The second-order valence-corrected chi connectivity index (χ2v) is 6.24. The van der Waals surface area contributed by atoms with Gasteiger partial charge in [0.15, 0.2) is 0 Å². The van der Waals surface area contributed by atoms with Gasteiger partial charge in [0.1, 0.15) is 0 Å². The molecule has 2 rings (SSSR count). The molecule has 0 aromatic carbocycles. The fourth-order valence-electron chi connectivity index (χ4n) is 3.08. The SMILES string of the molecule is CCNC(CC)c1ccn(CC2CN(C(C)C)CCO2)c1. The first-order valence-electron chi connectivity index (χ1n) is 8.38. The largest absolute Gasteiger partial charge is 0.374 e. The van der Waals surface area contributed by atoms with E-state index in [1.807, 2.05) is 0 Å². The van der Waals surface area contributed by atoms with Gasteiger partial charge in [-0.25, -0.2) is 0 Å². The normalized spacial score (nSPS) is 21.9. The van der Waals surface area contributed by atoms with Gasteiger partial charge in [0.05, 0.1) is 12.7 Å². The van der Waals surface area contributed by atoms with Crippen LogP contribution in [-0.4, -0.2) is 47.9 Å². The lowest BCUT2D eigenvalue weighted by molar-refractivity contribution is -0.0455. The topological polar surface area (TPSA) is 29.4 Å². The van der Waals surface area contributed by atoms with Crippen molar-refractivity contribution in [3.63, 3.8) is 0 Å². The molecule has 120 valence electrons. The zero-order valence-electron chi connectivity index (χ0n) is 14.0. The molecule has 0 aliphatic carbocycles. The molecule has 0 radical (unpaired) electrons. The molecule has 0 bridgehead atoms. The van der Waals surface area contributed by atoms with Gasteiger partial charge in [-0.1, -0.05) is 13.8 Å². The Kier molecular flexibility index (Phi) is 6.27. The van der Waals surface area contributed by atoms with Gasteiger partial charge in [0.2, 0.25) is 0 Å². The molecule has 2 atom stereocenters. The number of morpholine rings is 1. The van der Waals surface area contributed by atoms with Gasteiger partial charge in [0.25, 0.3) is 0 Å². The standard InChI is InChI=1S/C17H31N3O/c1-5-17(18-6-2)15-7-8-19(11-15)12-16-13-20(14(3)4)9-10-21-16/h7-8,11,14,16-18H,5-6,9-10,12-13H2,1-4H3. The Morgan fingerprint density at radius 3 is 2.86 bits per heavy atom. The van der Waals surface area contributed by atoms with E-state index in [1.54, 1.807) is 0 Å². The molecule has 0 spiro atoms. The number of hydrogen-bond acceptors (Lipinski definition) is 3. The van der Waals surface area contributed by atoms with E-state index in [-0.39, 0.29) is 0 Å². The molecule has 1 aliphatic rings. The van der Waals surface area contributed by atoms with Crippen LogP contribution in [0.4, 0.5) is 0 Å². The van der Waals surface area contributed by atoms with Gasteiger partial charge < -0.3 is 14.6 Å². The fraction of sp³-hybridized carbons (Fsp3) is 0.765. The molecule has 1 aromatic rings. The van der Waals surface area contributed by atoms with Crippen molar-refractivity contribution in [3.8, 4) is 0 Å². The Bertz CT molecular complexity index is 416. The van der Waals surface area contributed by atoms with Crippen molar-refractivity contribution in [1.82, 2.24) is 14.8 Å². The van der Waals surface area contributed by atoms with Crippen molar-refractivity contribution in [1.29, 1.82) is 0 Å². The summed E-state index contributed by atoms with van der Waals surface area (Å²) in [5, 5.41) is 3.53. The average Bonchev–Trinajstić information content (AvgIpc) is 2.93. The third kappa shape index (κ3) is 4.56. The van der Waals surface area contributed by atoms with E-state index in [4.69, 9.17) is 4.74 Å². The summed E-state index contributed by atoms with van der Waals surface area (Å²) in [7, 11) is 0. The first-order valence-corrected chi connectivity index (χ1v) is 8.38. The van der Waals surface area contributed by atoms with Crippen molar-refractivity contribution in [3.05, 3.63) is 24.0 Å². The maximum absolute atomic E-state index is 5.93. The number of aromatic nitrogens is 1. The Morgan fingerprint density at radius 1 is 1.38 bits per heavy atom. The highest BCUT2D eigenvalue weighted by Gasteiger charge is 2.22. The van der Waals surface area contributed by atoms with E-state index in [1.165, 1.54) is 5.56 Å². The predicted molar refractivity (Wildman–Crippen MR) is 87.6 cm³/mol. The maximum Gasteiger partial charge on any atom is 0.0881 e. The van der Waals surface area contributed by atoms with Crippen molar-refractivity contribution < 1.29 is 4.74 Å². The van der Waals surface area contributed by atoms with Crippen LogP contribution in [0.25, 0.3) is 0 Å². The van der Waals surface area contributed by atoms with Gasteiger partial charge >= 0.3 is 0 Å². The van der Waals surface area contributed by atoms with E-state index in [2.05, 4.69) is 60.9 Å². The molecule has 1 aliphatic heterocycles. The van der Waals surface area contributed by atoms with Crippen LogP contribution in [0.3, 0.4) is 0 Å². The van der Waals surface area contributed by atoms with Gasteiger partial charge in [0, 0.05) is 44.1 Å². The van der Waals surface area contributed by atoms with Crippen LogP contribution in [-0.2, 0) is 11.3 Å². The van der Waals surface area contributed by atoms with Gasteiger partial charge in [-0.05, 0) is 38.4 Å². The minimum Gasteiger partial charge on any atom is -0.374 e. The van der Waals surface area contributed by atoms with Crippen molar-refractivity contribution in [2.24, 2.45) is 0 Å². The van der Waals surface area contributed by atoms with Crippen LogP contribution < -0.4 is 5.32 Å². The van der Waals surface area contributed by atoms with Gasteiger partial charge in [-0.2, -0.15) is 0 Å². The minimum atomic E-state index is 0.306. The van der Waals surface area contributed by atoms with E-state index in [0.717, 1.165) is 39.2 Å². The predicted octanol–water partition coefficient (Wildman–Crippen LogP) is 2.66. The van der Waals surface area contributed by atoms with E-state index >= 15 is 0 Å².